The normalized spacial score (nSPS) is 18.4. The van der Waals surface area contributed by atoms with Gasteiger partial charge in [-0.3, -0.25) is 0 Å². The van der Waals surface area contributed by atoms with E-state index in [1.54, 1.807) is 0 Å². The minimum absolute atomic E-state index is 0.190. The van der Waals surface area contributed by atoms with Gasteiger partial charge in [-0.2, -0.15) is 0 Å². The van der Waals surface area contributed by atoms with Crippen LogP contribution in [-0.2, 0) is 10.0 Å². The van der Waals surface area contributed by atoms with E-state index in [9.17, 15) is 12.8 Å². The third kappa shape index (κ3) is 2.53. The molecule has 0 amide bonds. The van der Waals surface area contributed by atoms with Crippen LogP contribution in [0.1, 0.15) is 26.2 Å². The van der Waals surface area contributed by atoms with Gasteiger partial charge in [-0.25, -0.2) is 17.5 Å². The number of nitrogens with two attached hydrogens (primary N) is 1. The van der Waals surface area contributed by atoms with Crippen molar-refractivity contribution in [2.24, 2.45) is 0 Å². The molecule has 2 rings (SSSR count). The zero-order chi connectivity index (χ0) is 13.6. The monoisotopic (exact) mass is 336 g/mol. The number of hydrogen-bond acceptors (Lipinski definition) is 3. The molecule has 4 nitrogen and oxygen atoms in total. The van der Waals surface area contributed by atoms with Crippen molar-refractivity contribution in [3.63, 3.8) is 0 Å². The fraction of sp³-hybridized carbons (Fsp3) is 0.455. The Bertz CT molecular complexity index is 585. The molecule has 1 fully saturated rings. The van der Waals surface area contributed by atoms with Crippen LogP contribution in [0.3, 0.4) is 0 Å². The van der Waals surface area contributed by atoms with E-state index in [-0.39, 0.29) is 5.69 Å². The van der Waals surface area contributed by atoms with Crippen molar-refractivity contribution < 1.29 is 12.8 Å². The molecule has 1 saturated carbocycles. The molecule has 0 bridgehead atoms. The minimum atomic E-state index is -3.87. The van der Waals surface area contributed by atoms with Gasteiger partial charge in [-0.15, -0.1) is 0 Å². The highest BCUT2D eigenvalue weighted by molar-refractivity contribution is 9.10. The second-order valence-electron chi connectivity index (χ2n) is 4.82. The smallest absolute Gasteiger partial charge is 0.244 e. The third-order valence-electron chi connectivity index (χ3n) is 3.18. The number of rotatable bonds is 3. The molecule has 18 heavy (non-hydrogen) atoms. The summed E-state index contributed by atoms with van der Waals surface area (Å²) in [6.07, 6.45) is 2.50. The molecule has 1 aliphatic carbocycles. The zero-order valence-electron chi connectivity index (χ0n) is 9.83. The average Bonchev–Trinajstić information content (AvgIpc) is 2.20. The molecule has 0 radical (unpaired) electrons. The summed E-state index contributed by atoms with van der Waals surface area (Å²) in [7, 11) is -3.87. The number of hydrogen-bond donors (Lipinski definition) is 2. The number of nitrogen functional groups attached to an aromatic ring is 1. The molecular formula is C11H14BrFN2O2S. The van der Waals surface area contributed by atoms with Crippen LogP contribution in [0.25, 0.3) is 0 Å². The van der Waals surface area contributed by atoms with Crippen molar-refractivity contribution in [2.45, 2.75) is 36.6 Å². The van der Waals surface area contributed by atoms with Crippen LogP contribution in [0.2, 0.25) is 0 Å². The zero-order valence-corrected chi connectivity index (χ0v) is 12.2. The van der Waals surface area contributed by atoms with Gasteiger partial charge < -0.3 is 5.73 Å². The van der Waals surface area contributed by atoms with Gasteiger partial charge in [0.05, 0.1) is 0 Å². The minimum Gasteiger partial charge on any atom is -0.398 e. The molecule has 1 aliphatic rings. The van der Waals surface area contributed by atoms with Crippen LogP contribution in [0.15, 0.2) is 21.5 Å². The van der Waals surface area contributed by atoms with Gasteiger partial charge >= 0.3 is 0 Å². The molecule has 1 aromatic rings. The maximum absolute atomic E-state index is 13.7. The van der Waals surface area contributed by atoms with Crippen LogP contribution >= 0.6 is 15.9 Å². The summed E-state index contributed by atoms with van der Waals surface area (Å²) < 4.78 is 40.8. The van der Waals surface area contributed by atoms with Gasteiger partial charge in [-0.1, -0.05) is 0 Å². The Morgan fingerprint density at radius 3 is 2.56 bits per heavy atom. The Labute approximate surface area is 114 Å². The number of benzene rings is 1. The van der Waals surface area contributed by atoms with Crippen LogP contribution in [-0.4, -0.2) is 14.0 Å². The predicted molar refractivity (Wildman–Crippen MR) is 71.1 cm³/mol. The van der Waals surface area contributed by atoms with Crippen molar-refractivity contribution >= 4 is 31.6 Å². The van der Waals surface area contributed by atoms with Crippen LogP contribution < -0.4 is 10.5 Å². The fourth-order valence-electron chi connectivity index (χ4n) is 1.94. The molecule has 0 aliphatic heterocycles. The predicted octanol–water partition coefficient (Wildman–Crippen LogP) is 2.39. The maximum Gasteiger partial charge on any atom is 0.244 e. The van der Waals surface area contributed by atoms with E-state index in [2.05, 4.69) is 20.7 Å². The largest absolute Gasteiger partial charge is 0.398 e. The van der Waals surface area contributed by atoms with E-state index < -0.39 is 26.3 Å². The first-order chi connectivity index (χ1) is 8.23. The highest BCUT2D eigenvalue weighted by Crippen LogP contribution is 2.34. The van der Waals surface area contributed by atoms with Gasteiger partial charge in [-0.05, 0) is 54.2 Å². The standard InChI is InChI=1S/C11H14BrFN2O2S/c1-11(3-2-4-11)15-18(16,17)10-6-9(14)7(12)5-8(10)13/h5-6,15H,2-4,14H2,1H3. The van der Waals surface area contributed by atoms with E-state index >= 15 is 0 Å². The second kappa shape index (κ2) is 4.47. The molecule has 0 unspecified atom stereocenters. The Morgan fingerprint density at radius 1 is 1.44 bits per heavy atom. The van der Waals surface area contributed by atoms with E-state index in [0.717, 1.165) is 31.4 Å². The Morgan fingerprint density at radius 2 is 2.06 bits per heavy atom. The molecule has 0 aromatic heterocycles. The first-order valence-electron chi connectivity index (χ1n) is 5.52. The summed E-state index contributed by atoms with van der Waals surface area (Å²) in [6.45, 7) is 1.81. The van der Waals surface area contributed by atoms with Crippen molar-refractivity contribution in [1.29, 1.82) is 0 Å². The summed E-state index contributed by atoms with van der Waals surface area (Å²) in [6, 6.07) is 2.19. The van der Waals surface area contributed by atoms with E-state index in [1.807, 2.05) is 6.92 Å². The van der Waals surface area contributed by atoms with Crippen LogP contribution in [0.4, 0.5) is 10.1 Å². The summed E-state index contributed by atoms with van der Waals surface area (Å²) in [5, 5.41) is 0. The SMILES string of the molecule is CC1(NS(=O)(=O)c2cc(N)c(Br)cc2F)CCC1. The highest BCUT2D eigenvalue weighted by atomic mass is 79.9. The lowest BCUT2D eigenvalue weighted by Gasteiger charge is -2.38. The second-order valence-corrected chi connectivity index (χ2v) is 7.33. The molecule has 0 spiro atoms. The number of nitrogens with one attached hydrogen (secondary N) is 1. The van der Waals surface area contributed by atoms with Gasteiger partial charge in [0.1, 0.15) is 10.7 Å². The van der Waals surface area contributed by atoms with Crippen molar-refractivity contribution in [1.82, 2.24) is 4.72 Å². The average molecular weight is 337 g/mol. The Balaban J connectivity index is 2.38. The fourth-order valence-corrected chi connectivity index (χ4v) is 3.82. The Kier molecular flexibility index (Phi) is 3.42. The number of sulfonamides is 1. The lowest BCUT2D eigenvalue weighted by Crippen LogP contribution is -2.50. The number of halogens is 2. The number of anilines is 1. The molecule has 3 N–H and O–H groups in total. The van der Waals surface area contributed by atoms with Crippen molar-refractivity contribution in [3.8, 4) is 0 Å². The molecular weight excluding hydrogens is 323 g/mol. The lowest BCUT2D eigenvalue weighted by molar-refractivity contribution is 0.247. The van der Waals surface area contributed by atoms with E-state index in [1.165, 1.54) is 0 Å². The van der Waals surface area contributed by atoms with E-state index in [0.29, 0.717) is 4.47 Å². The summed E-state index contributed by atoms with van der Waals surface area (Å²) in [5.74, 6) is -0.813. The summed E-state index contributed by atoms with van der Waals surface area (Å²) in [4.78, 5) is -0.406. The first kappa shape index (κ1) is 13.8. The van der Waals surface area contributed by atoms with Gasteiger partial charge in [0.2, 0.25) is 10.0 Å². The van der Waals surface area contributed by atoms with Crippen molar-refractivity contribution in [2.75, 3.05) is 5.73 Å². The Hall–Kier alpha value is -0.660. The van der Waals surface area contributed by atoms with Crippen LogP contribution in [0.5, 0.6) is 0 Å². The topological polar surface area (TPSA) is 72.2 Å². The molecule has 1 aromatic carbocycles. The molecule has 0 saturated heterocycles. The quantitative estimate of drug-likeness (QED) is 0.832. The van der Waals surface area contributed by atoms with Crippen LogP contribution in [0, 0.1) is 5.82 Å². The maximum atomic E-state index is 13.7. The van der Waals surface area contributed by atoms with Gasteiger partial charge in [0, 0.05) is 15.7 Å². The third-order valence-corrected chi connectivity index (χ3v) is 5.52. The van der Waals surface area contributed by atoms with Gasteiger partial charge in [0.25, 0.3) is 0 Å². The molecule has 0 heterocycles. The lowest BCUT2D eigenvalue weighted by atomic mass is 9.80. The molecule has 100 valence electrons. The molecule has 7 heteroatoms. The summed E-state index contributed by atoms with van der Waals surface area (Å²) in [5.41, 5.74) is 5.32. The highest BCUT2D eigenvalue weighted by Gasteiger charge is 2.37. The molecule has 0 atom stereocenters. The summed E-state index contributed by atoms with van der Waals surface area (Å²) >= 11 is 3.05. The van der Waals surface area contributed by atoms with E-state index in [4.69, 9.17) is 5.73 Å². The van der Waals surface area contributed by atoms with Gasteiger partial charge in [0.15, 0.2) is 0 Å². The first-order valence-corrected chi connectivity index (χ1v) is 7.80. The van der Waals surface area contributed by atoms with Crippen molar-refractivity contribution in [3.05, 3.63) is 22.4 Å².